The standard InChI is InChI=1S/C21H26N4O3S2/c1-3-5-17-7-9-18(10-8-17)30(26,27)25-13-11-24(12-14-25)16(2)20-22-23-21(28-20)19-6-4-15-29-19/h4,6-10,15-16H,3,5,11-14H2,1-2H3. The Kier molecular flexibility index (Phi) is 6.33. The van der Waals surface area contributed by atoms with Gasteiger partial charge in [0.25, 0.3) is 5.89 Å². The molecular weight excluding hydrogens is 420 g/mol. The van der Waals surface area contributed by atoms with E-state index in [0.29, 0.717) is 42.9 Å². The molecule has 1 aliphatic rings. The molecule has 3 heterocycles. The average Bonchev–Trinajstić information content (AvgIpc) is 3.46. The van der Waals surface area contributed by atoms with Crippen LogP contribution < -0.4 is 0 Å². The van der Waals surface area contributed by atoms with Gasteiger partial charge in [0.1, 0.15) is 0 Å². The molecule has 3 aromatic rings. The molecule has 0 N–H and O–H groups in total. The first-order valence-corrected chi connectivity index (χ1v) is 12.5. The van der Waals surface area contributed by atoms with E-state index in [1.807, 2.05) is 36.6 Å². The fourth-order valence-electron chi connectivity index (χ4n) is 3.66. The summed E-state index contributed by atoms with van der Waals surface area (Å²) in [6, 6.07) is 11.1. The Morgan fingerprint density at radius 3 is 2.47 bits per heavy atom. The van der Waals surface area contributed by atoms with Crippen molar-refractivity contribution < 1.29 is 12.8 Å². The molecule has 4 rings (SSSR count). The van der Waals surface area contributed by atoms with Crippen molar-refractivity contribution in [3.63, 3.8) is 0 Å². The molecule has 7 nitrogen and oxygen atoms in total. The molecule has 0 amide bonds. The lowest BCUT2D eigenvalue weighted by molar-refractivity contribution is 0.129. The lowest BCUT2D eigenvalue weighted by Crippen LogP contribution is -2.49. The monoisotopic (exact) mass is 446 g/mol. The highest BCUT2D eigenvalue weighted by atomic mass is 32.2. The van der Waals surface area contributed by atoms with E-state index in [1.165, 1.54) is 0 Å². The zero-order valence-electron chi connectivity index (χ0n) is 17.2. The van der Waals surface area contributed by atoms with Crippen molar-refractivity contribution in [3.05, 3.63) is 53.2 Å². The molecule has 9 heteroatoms. The lowest BCUT2D eigenvalue weighted by atomic mass is 10.1. The van der Waals surface area contributed by atoms with Crippen molar-refractivity contribution in [3.8, 4) is 10.8 Å². The van der Waals surface area contributed by atoms with Gasteiger partial charge in [0.2, 0.25) is 15.9 Å². The largest absolute Gasteiger partial charge is 0.418 e. The van der Waals surface area contributed by atoms with E-state index in [2.05, 4.69) is 22.0 Å². The molecular formula is C21H26N4O3S2. The van der Waals surface area contributed by atoms with Crippen molar-refractivity contribution >= 4 is 21.4 Å². The normalized spacial score (nSPS) is 17.3. The third-order valence-corrected chi connectivity index (χ3v) is 8.22. The van der Waals surface area contributed by atoms with Gasteiger partial charge in [0.05, 0.1) is 15.8 Å². The quantitative estimate of drug-likeness (QED) is 0.549. The predicted octanol–water partition coefficient (Wildman–Crippen LogP) is 3.82. The maximum absolute atomic E-state index is 13.0. The Bertz CT molecular complexity index is 1050. The van der Waals surface area contributed by atoms with Crippen LogP contribution in [0.2, 0.25) is 0 Å². The van der Waals surface area contributed by atoms with Gasteiger partial charge in [0.15, 0.2) is 0 Å². The highest BCUT2D eigenvalue weighted by Crippen LogP contribution is 2.28. The van der Waals surface area contributed by atoms with Gasteiger partial charge in [-0.3, -0.25) is 4.90 Å². The molecule has 30 heavy (non-hydrogen) atoms. The van der Waals surface area contributed by atoms with Gasteiger partial charge in [-0.25, -0.2) is 8.42 Å². The van der Waals surface area contributed by atoms with Gasteiger partial charge in [-0.05, 0) is 42.5 Å². The molecule has 2 aromatic heterocycles. The number of piperazine rings is 1. The van der Waals surface area contributed by atoms with Crippen LogP contribution in [0.15, 0.2) is 51.1 Å². The molecule has 1 aromatic carbocycles. The van der Waals surface area contributed by atoms with E-state index < -0.39 is 10.0 Å². The minimum absolute atomic E-state index is 0.0654. The highest BCUT2D eigenvalue weighted by Gasteiger charge is 2.31. The summed E-state index contributed by atoms with van der Waals surface area (Å²) >= 11 is 1.56. The fourth-order valence-corrected chi connectivity index (χ4v) is 5.72. The third-order valence-electron chi connectivity index (χ3n) is 5.45. The van der Waals surface area contributed by atoms with Crippen LogP contribution >= 0.6 is 11.3 Å². The minimum atomic E-state index is -3.48. The third kappa shape index (κ3) is 4.34. The van der Waals surface area contributed by atoms with Crippen molar-refractivity contribution in [2.24, 2.45) is 0 Å². The molecule has 0 radical (unpaired) electrons. The summed E-state index contributed by atoms with van der Waals surface area (Å²) in [5, 5.41) is 10.3. The number of rotatable bonds is 7. The first-order chi connectivity index (χ1) is 14.5. The number of nitrogens with zero attached hydrogens (tertiary/aromatic N) is 4. The van der Waals surface area contributed by atoms with Crippen LogP contribution in [-0.4, -0.2) is 54.0 Å². The molecule has 0 bridgehead atoms. The summed E-state index contributed by atoms with van der Waals surface area (Å²) in [6.07, 6.45) is 2.00. The van der Waals surface area contributed by atoms with Crippen molar-refractivity contribution in [1.29, 1.82) is 0 Å². The van der Waals surface area contributed by atoms with Crippen LogP contribution in [0.5, 0.6) is 0 Å². The van der Waals surface area contributed by atoms with Crippen LogP contribution in [0, 0.1) is 0 Å². The molecule has 1 atom stereocenters. The Labute approximate surface area is 181 Å². The second-order valence-corrected chi connectivity index (χ2v) is 10.3. The summed E-state index contributed by atoms with van der Waals surface area (Å²) in [5.74, 6) is 1.08. The Morgan fingerprint density at radius 2 is 1.83 bits per heavy atom. The van der Waals surface area contributed by atoms with Crippen molar-refractivity contribution in [1.82, 2.24) is 19.4 Å². The summed E-state index contributed by atoms with van der Waals surface area (Å²) in [6.45, 7) is 6.24. The smallest absolute Gasteiger partial charge is 0.257 e. The average molecular weight is 447 g/mol. The molecule has 0 saturated carbocycles. The van der Waals surface area contributed by atoms with Crippen LogP contribution in [0.25, 0.3) is 10.8 Å². The number of aromatic nitrogens is 2. The predicted molar refractivity (Wildman–Crippen MR) is 117 cm³/mol. The molecule has 1 saturated heterocycles. The van der Waals surface area contributed by atoms with E-state index in [9.17, 15) is 8.42 Å². The molecule has 1 aliphatic heterocycles. The summed E-state index contributed by atoms with van der Waals surface area (Å²) in [4.78, 5) is 3.49. The van der Waals surface area contributed by atoms with Crippen molar-refractivity contribution in [2.75, 3.05) is 26.2 Å². The molecule has 1 fully saturated rings. The second kappa shape index (κ2) is 8.97. The number of hydrogen-bond donors (Lipinski definition) is 0. The first-order valence-electron chi connectivity index (χ1n) is 10.2. The Balaban J connectivity index is 1.39. The van der Waals surface area contributed by atoms with Gasteiger partial charge in [-0.1, -0.05) is 31.5 Å². The van der Waals surface area contributed by atoms with Crippen LogP contribution in [0.4, 0.5) is 0 Å². The Morgan fingerprint density at radius 1 is 1.10 bits per heavy atom. The van der Waals surface area contributed by atoms with Gasteiger partial charge in [0, 0.05) is 26.2 Å². The maximum atomic E-state index is 13.0. The van der Waals surface area contributed by atoms with E-state index in [1.54, 1.807) is 27.8 Å². The summed E-state index contributed by atoms with van der Waals surface area (Å²) < 4.78 is 33.4. The Hall–Kier alpha value is -2.07. The van der Waals surface area contributed by atoms with Crippen LogP contribution in [0.3, 0.4) is 0 Å². The van der Waals surface area contributed by atoms with E-state index in [-0.39, 0.29) is 6.04 Å². The highest BCUT2D eigenvalue weighted by molar-refractivity contribution is 7.89. The van der Waals surface area contributed by atoms with Gasteiger partial charge < -0.3 is 4.42 Å². The molecule has 0 aliphatic carbocycles. The maximum Gasteiger partial charge on any atom is 0.257 e. The zero-order chi connectivity index (χ0) is 21.1. The zero-order valence-corrected chi connectivity index (χ0v) is 18.8. The summed E-state index contributed by atoms with van der Waals surface area (Å²) in [7, 11) is -3.48. The van der Waals surface area contributed by atoms with Crippen molar-refractivity contribution in [2.45, 2.75) is 37.6 Å². The van der Waals surface area contributed by atoms with E-state index >= 15 is 0 Å². The van der Waals surface area contributed by atoms with E-state index in [4.69, 9.17) is 4.42 Å². The van der Waals surface area contributed by atoms with Crippen LogP contribution in [-0.2, 0) is 16.4 Å². The molecule has 0 spiro atoms. The number of hydrogen-bond acceptors (Lipinski definition) is 7. The lowest BCUT2D eigenvalue weighted by Gasteiger charge is -2.36. The van der Waals surface area contributed by atoms with E-state index in [0.717, 1.165) is 23.3 Å². The van der Waals surface area contributed by atoms with Gasteiger partial charge >= 0.3 is 0 Å². The van der Waals surface area contributed by atoms with Gasteiger partial charge in [-0.2, -0.15) is 4.31 Å². The second-order valence-electron chi connectivity index (χ2n) is 7.43. The minimum Gasteiger partial charge on any atom is -0.418 e. The van der Waals surface area contributed by atoms with Gasteiger partial charge in [-0.15, -0.1) is 21.5 Å². The first kappa shape index (κ1) is 21.2. The molecule has 160 valence electrons. The molecule has 1 unspecified atom stereocenters. The number of thiophene rings is 1. The van der Waals surface area contributed by atoms with Crippen LogP contribution in [0.1, 0.15) is 37.8 Å². The topological polar surface area (TPSA) is 79.5 Å². The number of benzene rings is 1. The SMILES string of the molecule is CCCc1ccc(S(=O)(=O)N2CCN(C(C)c3nnc(-c4cccs4)o3)CC2)cc1. The number of aryl methyl sites for hydroxylation is 1. The number of sulfonamides is 1. The fraction of sp³-hybridized carbons (Fsp3) is 0.429. The summed E-state index contributed by atoms with van der Waals surface area (Å²) in [5.41, 5.74) is 1.16.